The first-order chi connectivity index (χ1) is 24.2. The van der Waals surface area contributed by atoms with Gasteiger partial charge in [-0.2, -0.15) is 10.5 Å². The third kappa shape index (κ3) is 4.43. The van der Waals surface area contributed by atoms with Crippen molar-refractivity contribution >= 4 is 38.8 Å². The standard InChI is InChI=1S/C45H28N4/c46-28-32-26-33(48-42-20-3-1-2-16-35(42)36-17-5-9-22-43(36)48)27-39(40(32)29-47)31-14-12-13-30(25-31)34-15-4-8-21-41(34)49-44-23-10-6-18-37(44)38-19-7-11-24-45(38)49/h1-15,17-27H,16H2. The van der Waals surface area contributed by atoms with Crippen molar-refractivity contribution in [2.24, 2.45) is 0 Å². The van der Waals surface area contributed by atoms with Crippen LogP contribution in [-0.2, 0) is 6.42 Å². The summed E-state index contributed by atoms with van der Waals surface area (Å²) in [7, 11) is 0. The quantitative estimate of drug-likeness (QED) is 0.196. The largest absolute Gasteiger partial charge is 0.310 e. The number of hydrogen-bond acceptors (Lipinski definition) is 2. The monoisotopic (exact) mass is 624 g/mol. The fourth-order valence-electron chi connectivity index (χ4n) is 7.55. The summed E-state index contributed by atoms with van der Waals surface area (Å²) in [6.07, 6.45) is 9.26. The van der Waals surface area contributed by atoms with Gasteiger partial charge in [-0.15, -0.1) is 0 Å². The van der Waals surface area contributed by atoms with Gasteiger partial charge in [0.15, 0.2) is 0 Å². The fourth-order valence-corrected chi connectivity index (χ4v) is 7.55. The molecule has 0 atom stereocenters. The highest BCUT2D eigenvalue weighted by atomic mass is 15.0. The molecule has 0 aliphatic heterocycles. The lowest BCUT2D eigenvalue weighted by atomic mass is 9.92. The highest BCUT2D eigenvalue weighted by Crippen LogP contribution is 2.39. The first-order valence-corrected chi connectivity index (χ1v) is 16.4. The number of benzene rings is 6. The Kier molecular flexibility index (Phi) is 6.61. The molecule has 2 aromatic heterocycles. The van der Waals surface area contributed by atoms with E-state index in [1.807, 2.05) is 24.3 Å². The second-order valence-corrected chi connectivity index (χ2v) is 12.3. The van der Waals surface area contributed by atoms with Crippen molar-refractivity contribution in [2.45, 2.75) is 6.42 Å². The Balaban J connectivity index is 1.26. The highest BCUT2D eigenvalue weighted by molar-refractivity contribution is 6.09. The van der Waals surface area contributed by atoms with Gasteiger partial charge in [0.1, 0.15) is 12.1 Å². The van der Waals surface area contributed by atoms with E-state index in [1.165, 1.54) is 21.7 Å². The topological polar surface area (TPSA) is 57.4 Å². The molecule has 0 radical (unpaired) electrons. The normalized spacial score (nSPS) is 12.2. The average Bonchev–Trinajstić information content (AvgIpc) is 3.54. The van der Waals surface area contributed by atoms with Gasteiger partial charge in [0.25, 0.3) is 0 Å². The second-order valence-electron chi connectivity index (χ2n) is 12.3. The molecule has 0 amide bonds. The van der Waals surface area contributed by atoms with Crippen LogP contribution < -0.4 is 0 Å². The van der Waals surface area contributed by atoms with Gasteiger partial charge in [0, 0.05) is 33.0 Å². The molecule has 4 heteroatoms. The minimum absolute atomic E-state index is 0.355. The summed E-state index contributed by atoms with van der Waals surface area (Å²) >= 11 is 0. The molecule has 0 unspecified atom stereocenters. The van der Waals surface area contributed by atoms with E-state index in [2.05, 4.69) is 155 Å². The zero-order valence-electron chi connectivity index (χ0n) is 26.5. The molecule has 49 heavy (non-hydrogen) atoms. The molecular weight excluding hydrogens is 597 g/mol. The molecule has 228 valence electrons. The Morgan fingerprint density at radius 3 is 1.88 bits per heavy atom. The zero-order chi connectivity index (χ0) is 32.9. The van der Waals surface area contributed by atoms with Crippen molar-refractivity contribution in [2.75, 3.05) is 0 Å². The maximum atomic E-state index is 10.4. The Morgan fingerprint density at radius 1 is 0.531 bits per heavy atom. The van der Waals surface area contributed by atoms with Gasteiger partial charge in [-0.3, -0.25) is 0 Å². The molecule has 2 heterocycles. The van der Waals surface area contributed by atoms with E-state index in [0.29, 0.717) is 11.1 Å². The number of nitrogens with zero attached hydrogens (tertiary/aromatic N) is 4. The van der Waals surface area contributed by atoms with E-state index in [1.54, 1.807) is 0 Å². The van der Waals surface area contributed by atoms with Crippen molar-refractivity contribution < 1.29 is 0 Å². The smallest absolute Gasteiger partial charge is 0.101 e. The molecule has 0 saturated heterocycles. The van der Waals surface area contributed by atoms with Crippen LogP contribution in [0, 0.1) is 22.7 Å². The molecule has 0 saturated carbocycles. The van der Waals surface area contributed by atoms with Crippen LogP contribution in [-0.4, -0.2) is 9.13 Å². The van der Waals surface area contributed by atoms with Crippen molar-refractivity contribution in [3.63, 3.8) is 0 Å². The number of fused-ring (bicyclic) bond motifs is 6. The van der Waals surface area contributed by atoms with E-state index in [0.717, 1.165) is 62.3 Å². The van der Waals surface area contributed by atoms with Crippen LogP contribution in [0.25, 0.3) is 72.4 Å². The van der Waals surface area contributed by atoms with Crippen LogP contribution in [0.1, 0.15) is 22.4 Å². The van der Waals surface area contributed by atoms with E-state index in [-0.39, 0.29) is 0 Å². The fraction of sp³-hybridized carbons (Fsp3) is 0.0222. The predicted molar refractivity (Wildman–Crippen MR) is 200 cm³/mol. The van der Waals surface area contributed by atoms with Crippen LogP contribution in [0.5, 0.6) is 0 Å². The molecular formula is C45H28N4. The molecule has 6 aromatic carbocycles. The molecule has 0 N–H and O–H groups in total. The van der Waals surface area contributed by atoms with Crippen molar-refractivity contribution in [3.8, 4) is 45.8 Å². The first kappa shape index (κ1) is 28.4. The van der Waals surface area contributed by atoms with Crippen molar-refractivity contribution in [3.05, 3.63) is 174 Å². The number of aromatic nitrogens is 2. The Bertz CT molecular complexity index is 2720. The van der Waals surface area contributed by atoms with Crippen LogP contribution >= 0.6 is 0 Å². The summed E-state index contributed by atoms with van der Waals surface area (Å²) in [6, 6.07) is 50.9. The van der Waals surface area contributed by atoms with Crippen molar-refractivity contribution in [1.82, 2.24) is 9.13 Å². The summed E-state index contributed by atoms with van der Waals surface area (Å²) in [5.41, 5.74) is 12.1. The Morgan fingerprint density at radius 2 is 1.16 bits per heavy atom. The number of allylic oxidation sites excluding steroid dienone is 3. The number of hydrogen-bond donors (Lipinski definition) is 0. The van der Waals surface area contributed by atoms with E-state index in [4.69, 9.17) is 0 Å². The summed E-state index contributed by atoms with van der Waals surface area (Å²) < 4.78 is 4.56. The summed E-state index contributed by atoms with van der Waals surface area (Å²) in [4.78, 5) is 0. The van der Waals surface area contributed by atoms with Gasteiger partial charge in [-0.1, -0.05) is 109 Å². The van der Waals surface area contributed by atoms with Crippen LogP contribution in [0.15, 0.2) is 152 Å². The molecule has 9 rings (SSSR count). The van der Waals surface area contributed by atoms with E-state index < -0.39 is 0 Å². The Labute approximate surface area is 283 Å². The molecule has 0 bridgehead atoms. The minimum atomic E-state index is 0.355. The first-order valence-electron chi connectivity index (χ1n) is 16.4. The molecule has 1 aliphatic rings. The third-order valence-corrected chi connectivity index (χ3v) is 9.67. The number of para-hydroxylation sites is 4. The molecule has 1 aliphatic carbocycles. The zero-order valence-corrected chi connectivity index (χ0v) is 26.5. The van der Waals surface area contributed by atoms with E-state index in [9.17, 15) is 10.5 Å². The maximum absolute atomic E-state index is 10.4. The predicted octanol–water partition coefficient (Wildman–Crippen LogP) is 10.9. The lowest BCUT2D eigenvalue weighted by Crippen LogP contribution is -2.01. The van der Waals surface area contributed by atoms with Crippen molar-refractivity contribution in [1.29, 1.82) is 10.5 Å². The highest BCUT2D eigenvalue weighted by Gasteiger charge is 2.21. The van der Waals surface area contributed by atoms with Crippen LogP contribution in [0.4, 0.5) is 0 Å². The summed E-state index contributed by atoms with van der Waals surface area (Å²) in [6.45, 7) is 0. The SMILES string of the molecule is N#Cc1cc(-n2c3c(c4ccccc42)CC=CC=C3)cc(-c2cccc(-c3ccccc3-n3c4ccccc4c4ccccc43)c2)c1C#N. The van der Waals surface area contributed by atoms with Gasteiger partial charge in [-0.05, 0) is 71.7 Å². The third-order valence-electron chi connectivity index (χ3n) is 9.67. The number of nitriles is 2. The van der Waals surface area contributed by atoms with Gasteiger partial charge < -0.3 is 9.13 Å². The molecule has 0 fully saturated rings. The molecule has 0 spiro atoms. The van der Waals surface area contributed by atoms with Gasteiger partial charge in [0.05, 0.1) is 39.1 Å². The maximum Gasteiger partial charge on any atom is 0.101 e. The van der Waals surface area contributed by atoms with Gasteiger partial charge >= 0.3 is 0 Å². The lowest BCUT2D eigenvalue weighted by Gasteiger charge is -2.16. The Hall–Kier alpha value is -6.88. The van der Waals surface area contributed by atoms with Crippen LogP contribution in [0.3, 0.4) is 0 Å². The minimum Gasteiger partial charge on any atom is -0.310 e. The lowest BCUT2D eigenvalue weighted by molar-refractivity contribution is 1.08. The van der Waals surface area contributed by atoms with Gasteiger partial charge in [-0.25, -0.2) is 0 Å². The summed E-state index contributed by atoms with van der Waals surface area (Å²) in [5.74, 6) is 0. The summed E-state index contributed by atoms with van der Waals surface area (Å²) in [5, 5.41) is 24.4. The average molecular weight is 625 g/mol. The van der Waals surface area contributed by atoms with Gasteiger partial charge in [0.2, 0.25) is 0 Å². The van der Waals surface area contributed by atoms with Crippen LogP contribution in [0.2, 0.25) is 0 Å². The molecule has 4 nitrogen and oxygen atoms in total. The number of rotatable bonds is 4. The van der Waals surface area contributed by atoms with E-state index >= 15 is 0 Å². The molecule has 8 aromatic rings. The second kappa shape index (κ2) is 11.4.